The molecule has 0 radical (unpaired) electrons. The maximum Gasteiger partial charge on any atom is 0.344 e. The van der Waals surface area contributed by atoms with Crippen LogP contribution < -0.4 is 10.1 Å². The van der Waals surface area contributed by atoms with Crippen LogP contribution in [0.2, 0.25) is 0 Å². The molecule has 6 nitrogen and oxygen atoms in total. The fourth-order valence-electron chi connectivity index (χ4n) is 2.50. The summed E-state index contributed by atoms with van der Waals surface area (Å²) in [6.45, 7) is 1.37. The number of hydrogen-bond donors (Lipinski definition) is 1. The monoisotopic (exact) mass is 369 g/mol. The number of rotatable bonds is 10. The first-order valence-corrected chi connectivity index (χ1v) is 8.80. The Morgan fingerprint density at radius 3 is 2.37 bits per heavy atom. The van der Waals surface area contributed by atoms with Gasteiger partial charge in [-0.1, -0.05) is 43.7 Å². The standard InChI is InChI=1S/C21H23NO5/c1-2-6-19(17-7-4-3-5-8-17)22-20(24)14-27-21(25)15-26-18-11-9-16(13-23)10-12-18/h3-5,7-13,19H,2,6,14-15H2,1H3,(H,22,24)/t19-/m1/s1. The fraction of sp³-hybridized carbons (Fsp3) is 0.286. The second-order valence-electron chi connectivity index (χ2n) is 5.96. The summed E-state index contributed by atoms with van der Waals surface area (Å²) in [7, 11) is 0. The molecule has 0 spiro atoms. The minimum absolute atomic E-state index is 0.116. The van der Waals surface area contributed by atoms with Gasteiger partial charge >= 0.3 is 5.97 Å². The van der Waals surface area contributed by atoms with Gasteiger partial charge in [-0.15, -0.1) is 0 Å². The Morgan fingerprint density at radius 1 is 1.04 bits per heavy atom. The lowest BCUT2D eigenvalue weighted by atomic mass is 10.0. The van der Waals surface area contributed by atoms with Crippen molar-refractivity contribution in [3.8, 4) is 5.75 Å². The molecule has 0 heterocycles. The van der Waals surface area contributed by atoms with Gasteiger partial charge in [0.05, 0.1) is 6.04 Å². The van der Waals surface area contributed by atoms with Crippen LogP contribution in [-0.2, 0) is 14.3 Å². The summed E-state index contributed by atoms with van der Waals surface area (Å²) in [5.41, 5.74) is 1.53. The summed E-state index contributed by atoms with van der Waals surface area (Å²) in [6, 6.07) is 15.9. The highest BCUT2D eigenvalue weighted by Crippen LogP contribution is 2.17. The molecule has 1 amide bonds. The quantitative estimate of drug-likeness (QED) is 0.514. The normalized spacial score (nSPS) is 11.3. The summed E-state index contributed by atoms with van der Waals surface area (Å²) in [4.78, 5) is 34.4. The van der Waals surface area contributed by atoms with E-state index in [1.54, 1.807) is 24.3 Å². The summed E-state index contributed by atoms with van der Waals surface area (Å²) < 4.78 is 10.2. The second kappa shape index (κ2) is 10.8. The van der Waals surface area contributed by atoms with Gasteiger partial charge in [0.2, 0.25) is 0 Å². The van der Waals surface area contributed by atoms with Gasteiger partial charge in [-0.3, -0.25) is 9.59 Å². The van der Waals surface area contributed by atoms with Crippen LogP contribution in [0.5, 0.6) is 5.75 Å². The second-order valence-corrected chi connectivity index (χ2v) is 5.96. The van der Waals surface area contributed by atoms with E-state index in [0.29, 0.717) is 11.3 Å². The van der Waals surface area contributed by atoms with E-state index < -0.39 is 5.97 Å². The average Bonchev–Trinajstić information content (AvgIpc) is 2.71. The van der Waals surface area contributed by atoms with Crippen LogP contribution in [0.4, 0.5) is 0 Å². The Morgan fingerprint density at radius 2 is 1.74 bits per heavy atom. The predicted molar refractivity (Wildman–Crippen MR) is 101 cm³/mol. The lowest BCUT2D eigenvalue weighted by Crippen LogP contribution is -2.33. The number of ether oxygens (including phenoxy) is 2. The number of aldehydes is 1. The Labute approximate surface area is 158 Å². The van der Waals surface area contributed by atoms with Crippen molar-refractivity contribution >= 4 is 18.2 Å². The van der Waals surface area contributed by atoms with Gasteiger partial charge in [-0.25, -0.2) is 4.79 Å². The van der Waals surface area contributed by atoms with Crippen molar-refractivity contribution in [1.29, 1.82) is 0 Å². The van der Waals surface area contributed by atoms with Gasteiger partial charge in [0.1, 0.15) is 12.0 Å². The molecule has 142 valence electrons. The topological polar surface area (TPSA) is 81.7 Å². The van der Waals surface area contributed by atoms with E-state index in [2.05, 4.69) is 5.32 Å². The van der Waals surface area contributed by atoms with Gasteiger partial charge in [-0.2, -0.15) is 0 Å². The lowest BCUT2D eigenvalue weighted by Gasteiger charge is -2.18. The molecular formula is C21H23NO5. The van der Waals surface area contributed by atoms with E-state index in [1.807, 2.05) is 37.3 Å². The van der Waals surface area contributed by atoms with E-state index in [0.717, 1.165) is 24.7 Å². The number of benzene rings is 2. The molecule has 0 aliphatic carbocycles. The third-order valence-corrected chi connectivity index (χ3v) is 3.85. The summed E-state index contributed by atoms with van der Waals surface area (Å²) in [5.74, 6) is -0.563. The SMILES string of the molecule is CCC[C@@H](NC(=O)COC(=O)COc1ccc(C=O)cc1)c1ccccc1. The Bertz CT molecular complexity index is 743. The maximum absolute atomic E-state index is 12.1. The van der Waals surface area contributed by atoms with Crippen molar-refractivity contribution < 1.29 is 23.9 Å². The number of carbonyl (C=O) groups excluding carboxylic acids is 3. The molecule has 0 aliphatic heterocycles. The molecule has 1 atom stereocenters. The van der Waals surface area contributed by atoms with Crippen molar-refractivity contribution in [3.63, 3.8) is 0 Å². The first kappa shape index (κ1) is 20.2. The minimum atomic E-state index is -0.642. The number of carbonyl (C=O) groups is 3. The van der Waals surface area contributed by atoms with E-state index in [9.17, 15) is 14.4 Å². The minimum Gasteiger partial charge on any atom is -0.482 e. The van der Waals surface area contributed by atoms with Crippen LogP contribution in [0.3, 0.4) is 0 Å². The molecule has 0 bridgehead atoms. The number of nitrogens with one attached hydrogen (secondary N) is 1. The van der Waals surface area contributed by atoms with Gasteiger partial charge < -0.3 is 14.8 Å². The van der Waals surface area contributed by atoms with Crippen LogP contribution in [0.15, 0.2) is 54.6 Å². The van der Waals surface area contributed by atoms with Crippen LogP contribution in [0.1, 0.15) is 41.7 Å². The van der Waals surface area contributed by atoms with E-state index in [1.165, 1.54) is 0 Å². The van der Waals surface area contributed by atoms with Crippen LogP contribution >= 0.6 is 0 Å². The Kier molecular flexibility index (Phi) is 8.03. The molecular weight excluding hydrogens is 346 g/mol. The molecule has 0 aromatic heterocycles. The summed E-state index contributed by atoms with van der Waals surface area (Å²) >= 11 is 0. The molecule has 6 heteroatoms. The van der Waals surface area contributed by atoms with Crippen molar-refractivity contribution in [2.45, 2.75) is 25.8 Å². The van der Waals surface area contributed by atoms with Crippen molar-refractivity contribution in [1.82, 2.24) is 5.32 Å². The zero-order valence-corrected chi connectivity index (χ0v) is 15.2. The van der Waals surface area contributed by atoms with Crippen LogP contribution in [0, 0.1) is 0 Å². The number of esters is 1. The van der Waals surface area contributed by atoms with Crippen LogP contribution in [-0.4, -0.2) is 31.4 Å². The Balaban J connectivity index is 1.76. The molecule has 27 heavy (non-hydrogen) atoms. The maximum atomic E-state index is 12.1. The van der Waals surface area contributed by atoms with Gasteiger partial charge in [0, 0.05) is 5.56 Å². The first-order valence-electron chi connectivity index (χ1n) is 8.80. The molecule has 0 fully saturated rings. The summed E-state index contributed by atoms with van der Waals surface area (Å²) in [5, 5.41) is 2.89. The van der Waals surface area contributed by atoms with Gasteiger partial charge in [-0.05, 0) is 36.2 Å². The molecule has 0 aliphatic rings. The molecule has 0 unspecified atom stereocenters. The number of hydrogen-bond acceptors (Lipinski definition) is 5. The zero-order chi connectivity index (χ0) is 19.5. The molecule has 2 aromatic carbocycles. The van der Waals surface area contributed by atoms with Crippen molar-refractivity contribution in [2.24, 2.45) is 0 Å². The van der Waals surface area contributed by atoms with Gasteiger partial charge in [0.15, 0.2) is 13.2 Å². The third-order valence-electron chi connectivity index (χ3n) is 3.85. The van der Waals surface area contributed by atoms with E-state index >= 15 is 0 Å². The molecule has 0 saturated carbocycles. The average molecular weight is 369 g/mol. The highest BCUT2D eigenvalue weighted by Gasteiger charge is 2.15. The largest absolute Gasteiger partial charge is 0.482 e. The van der Waals surface area contributed by atoms with E-state index in [-0.39, 0.29) is 25.2 Å². The molecule has 0 saturated heterocycles. The lowest BCUT2D eigenvalue weighted by molar-refractivity contribution is -0.150. The molecule has 2 rings (SSSR count). The highest BCUT2D eigenvalue weighted by molar-refractivity contribution is 5.81. The third kappa shape index (κ3) is 6.93. The molecule has 1 N–H and O–H groups in total. The summed E-state index contributed by atoms with van der Waals surface area (Å²) in [6.07, 6.45) is 2.43. The zero-order valence-electron chi connectivity index (χ0n) is 15.2. The van der Waals surface area contributed by atoms with E-state index in [4.69, 9.17) is 9.47 Å². The van der Waals surface area contributed by atoms with Crippen molar-refractivity contribution in [3.05, 3.63) is 65.7 Å². The smallest absolute Gasteiger partial charge is 0.344 e. The van der Waals surface area contributed by atoms with Crippen LogP contribution in [0.25, 0.3) is 0 Å². The van der Waals surface area contributed by atoms with Crippen molar-refractivity contribution in [2.75, 3.05) is 13.2 Å². The van der Waals surface area contributed by atoms with Gasteiger partial charge in [0.25, 0.3) is 5.91 Å². The number of amides is 1. The first-order chi connectivity index (χ1) is 13.1. The predicted octanol–water partition coefficient (Wildman–Crippen LogP) is 3.08. The Hall–Kier alpha value is -3.15. The fourth-order valence-corrected chi connectivity index (χ4v) is 2.50. The highest BCUT2D eigenvalue weighted by atomic mass is 16.6. The molecule has 2 aromatic rings.